The maximum Gasteiger partial charge on any atom is 0.272 e. The van der Waals surface area contributed by atoms with Crippen LogP contribution < -0.4 is 0 Å². The summed E-state index contributed by atoms with van der Waals surface area (Å²) in [7, 11) is -3.11. The molecule has 2 aromatic rings. The molecular weight excluding hydrogens is 521 g/mol. The molecule has 0 saturated carbocycles. The summed E-state index contributed by atoms with van der Waals surface area (Å²) in [5.74, 6) is 0.778. The van der Waals surface area contributed by atoms with Crippen molar-refractivity contribution >= 4 is 39.1 Å². The molecule has 8 nitrogen and oxygen atoms in total. The Bertz CT molecular complexity index is 1250. The number of nitrogens with zero attached hydrogens (tertiary/aromatic N) is 5. The highest BCUT2D eigenvalue weighted by Gasteiger charge is 2.44. The monoisotopic (exact) mass is 551 g/mol. The van der Waals surface area contributed by atoms with Gasteiger partial charge >= 0.3 is 0 Å². The van der Waals surface area contributed by atoms with Crippen LogP contribution in [0.2, 0.25) is 10.0 Å². The molecule has 3 fully saturated rings. The number of likely N-dealkylation sites (tertiary alicyclic amines) is 2. The smallest absolute Gasteiger partial charge is 0.272 e. The van der Waals surface area contributed by atoms with E-state index < -0.39 is 10.0 Å². The molecule has 0 aliphatic carbocycles. The molecule has 36 heavy (non-hydrogen) atoms. The topological polar surface area (TPSA) is 86.7 Å². The fraction of sp³-hybridized carbons (Fsp3) is 0.560. The van der Waals surface area contributed by atoms with Gasteiger partial charge in [0.2, 0.25) is 10.0 Å². The van der Waals surface area contributed by atoms with Crippen molar-refractivity contribution in [3.63, 3.8) is 0 Å². The van der Waals surface area contributed by atoms with Crippen molar-refractivity contribution in [3.05, 3.63) is 57.1 Å². The highest BCUT2D eigenvalue weighted by Crippen LogP contribution is 2.35. The second kappa shape index (κ2) is 10.2. The van der Waals surface area contributed by atoms with Crippen molar-refractivity contribution in [1.29, 1.82) is 0 Å². The molecule has 0 N–H and O–H groups in total. The molecule has 1 aromatic heterocycles. The molecule has 4 heterocycles. The second-order valence-electron chi connectivity index (χ2n) is 10.3. The molecule has 3 aliphatic heterocycles. The van der Waals surface area contributed by atoms with E-state index >= 15 is 0 Å². The molecule has 3 aliphatic rings. The number of carbonyl (C=O) groups excluding carboxylic acids is 1. The number of halogens is 2. The van der Waals surface area contributed by atoms with Crippen LogP contribution in [-0.2, 0) is 16.4 Å². The molecular formula is C25H31Cl2N5O3S. The van der Waals surface area contributed by atoms with Gasteiger partial charge < -0.3 is 4.90 Å². The molecule has 2 atom stereocenters. The van der Waals surface area contributed by atoms with Crippen LogP contribution in [0.1, 0.15) is 40.2 Å². The van der Waals surface area contributed by atoms with E-state index in [1.54, 1.807) is 10.4 Å². The van der Waals surface area contributed by atoms with Crippen molar-refractivity contribution in [3.8, 4) is 0 Å². The number of hydrogen-bond donors (Lipinski definition) is 0. The van der Waals surface area contributed by atoms with Crippen molar-refractivity contribution in [2.75, 3.05) is 45.5 Å². The van der Waals surface area contributed by atoms with Crippen LogP contribution in [0.3, 0.4) is 0 Å². The summed E-state index contributed by atoms with van der Waals surface area (Å²) in [5.41, 5.74) is 3.02. The summed E-state index contributed by atoms with van der Waals surface area (Å²) < 4.78 is 25.4. The van der Waals surface area contributed by atoms with Gasteiger partial charge in [0.15, 0.2) is 0 Å². The van der Waals surface area contributed by atoms with Gasteiger partial charge in [-0.25, -0.2) is 22.7 Å². The van der Waals surface area contributed by atoms with Gasteiger partial charge in [-0.1, -0.05) is 29.3 Å². The van der Waals surface area contributed by atoms with Crippen LogP contribution in [0.5, 0.6) is 0 Å². The van der Waals surface area contributed by atoms with E-state index in [1.807, 2.05) is 24.0 Å². The first kappa shape index (κ1) is 25.9. The van der Waals surface area contributed by atoms with Crippen LogP contribution in [0.25, 0.3) is 0 Å². The molecule has 0 spiro atoms. The van der Waals surface area contributed by atoms with Crippen molar-refractivity contribution < 1.29 is 13.2 Å². The third kappa shape index (κ3) is 5.27. The fourth-order valence-electron chi connectivity index (χ4n) is 5.86. The van der Waals surface area contributed by atoms with Crippen LogP contribution >= 0.6 is 23.2 Å². The van der Waals surface area contributed by atoms with E-state index in [1.165, 1.54) is 12.6 Å². The fourth-order valence-corrected chi connectivity index (χ4v) is 7.11. The molecule has 3 saturated heterocycles. The maximum absolute atomic E-state index is 13.4. The first-order valence-electron chi connectivity index (χ1n) is 12.3. The van der Waals surface area contributed by atoms with Gasteiger partial charge in [-0.2, -0.15) is 0 Å². The number of amides is 1. The van der Waals surface area contributed by atoms with Crippen LogP contribution in [-0.4, -0.2) is 90.0 Å². The number of rotatable bonds is 5. The van der Waals surface area contributed by atoms with E-state index in [-0.39, 0.29) is 5.91 Å². The van der Waals surface area contributed by atoms with E-state index in [4.69, 9.17) is 23.2 Å². The number of piperidine rings is 1. The highest BCUT2D eigenvalue weighted by atomic mass is 35.5. The number of benzene rings is 1. The summed E-state index contributed by atoms with van der Waals surface area (Å²) >= 11 is 12.2. The van der Waals surface area contributed by atoms with Gasteiger partial charge in [0, 0.05) is 57.3 Å². The minimum Gasteiger partial charge on any atom is -0.337 e. The maximum atomic E-state index is 13.4. The summed E-state index contributed by atoms with van der Waals surface area (Å²) in [6, 6.07) is 5.93. The van der Waals surface area contributed by atoms with E-state index in [2.05, 4.69) is 14.9 Å². The lowest BCUT2D eigenvalue weighted by molar-refractivity contribution is 0.0629. The third-order valence-corrected chi connectivity index (χ3v) is 9.94. The van der Waals surface area contributed by atoms with Gasteiger partial charge in [0.05, 0.1) is 22.0 Å². The SMILES string of the molecule is Cc1c(Cc2ccc(Cl)c(Cl)c2)ncnc1C(=O)N1CCC(N2CC3CN(S(C)(=O)=O)CC3C2)CC1. The number of hydrogen-bond acceptors (Lipinski definition) is 6. The van der Waals surface area contributed by atoms with Gasteiger partial charge in [0.1, 0.15) is 12.0 Å². The molecule has 1 amide bonds. The van der Waals surface area contributed by atoms with Crippen LogP contribution in [0.4, 0.5) is 0 Å². The zero-order valence-corrected chi connectivity index (χ0v) is 22.9. The van der Waals surface area contributed by atoms with Crippen molar-refractivity contribution in [2.45, 2.75) is 32.2 Å². The van der Waals surface area contributed by atoms with Gasteiger partial charge in [-0.15, -0.1) is 0 Å². The van der Waals surface area contributed by atoms with Crippen LogP contribution in [0.15, 0.2) is 24.5 Å². The minimum atomic E-state index is -3.11. The lowest BCUT2D eigenvalue weighted by Gasteiger charge is -2.37. The van der Waals surface area contributed by atoms with Gasteiger partial charge in [0.25, 0.3) is 5.91 Å². The third-order valence-electron chi connectivity index (χ3n) is 7.96. The standard InChI is InChI=1S/C25H31Cl2N5O3S/c1-16-23(10-17-3-4-21(26)22(27)9-17)28-15-29-24(16)25(33)30-7-5-20(6-8-30)31-11-18-13-32(36(2,34)35)14-19(18)12-31/h3-4,9,15,18-20H,5-8,10-14H2,1-2H3. The van der Waals surface area contributed by atoms with E-state index in [0.717, 1.165) is 42.8 Å². The zero-order valence-electron chi connectivity index (χ0n) is 20.5. The Labute approximate surface area is 222 Å². The Morgan fingerprint density at radius 3 is 2.31 bits per heavy atom. The average molecular weight is 553 g/mol. The second-order valence-corrected chi connectivity index (χ2v) is 13.1. The quantitative estimate of drug-likeness (QED) is 0.567. The predicted octanol–water partition coefficient (Wildman–Crippen LogP) is 3.11. The lowest BCUT2D eigenvalue weighted by atomic mass is 10.0. The Morgan fingerprint density at radius 1 is 1.03 bits per heavy atom. The normalized spacial score (nSPS) is 23.8. The van der Waals surface area contributed by atoms with Crippen molar-refractivity contribution in [1.82, 2.24) is 24.1 Å². The molecule has 2 unspecified atom stereocenters. The number of sulfonamides is 1. The summed E-state index contributed by atoms with van der Waals surface area (Å²) in [4.78, 5) is 26.5. The van der Waals surface area contributed by atoms with Gasteiger partial charge in [-0.3, -0.25) is 9.69 Å². The Morgan fingerprint density at radius 2 is 1.69 bits per heavy atom. The van der Waals surface area contributed by atoms with Crippen molar-refractivity contribution in [2.24, 2.45) is 11.8 Å². The Kier molecular flexibility index (Phi) is 7.31. The van der Waals surface area contributed by atoms with Crippen LogP contribution in [0, 0.1) is 18.8 Å². The number of aromatic nitrogens is 2. The largest absolute Gasteiger partial charge is 0.337 e. The molecule has 5 rings (SSSR count). The van der Waals surface area contributed by atoms with E-state index in [9.17, 15) is 13.2 Å². The predicted molar refractivity (Wildman–Crippen MR) is 140 cm³/mol. The summed E-state index contributed by atoms with van der Waals surface area (Å²) in [6.07, 6.45) is 5.14. The minimum absolute atomic E-state index is 0.0502. The first-order valence-corrected chi connectivity index (χ1v) is 14.9. The Balaban J connectivity index is 1.18. The number of carbonyl (C=O) groups is 1. The molecule has 0 bridgehead atoms. The molecule has 1 aromatic carbocycles. The molecule has 194 valence electrons. The highest BCUT2D eigenvalue weighted by molar-refractivity contribution is 7.88. The first-order chi connectivity index (χ1) is 17.1. The number of fused-ring (bicyclic) bond motifs is 1. The van der Waals surface area contributed by atoms with E-state index in [0.29, 0.717) is 66.2 Å². The summed E-state index contributed by atoms with van der Waals surface area (Å²) in [5, 5.41) is 1.00. The lowest BCUT2D eigenvalue weighted by Crippen LogP contribution is -2.47. The van der Waals surface area contributed by atoms with Gasteiger partial charge in [-0.05, 0) is 49.3 Å². The Hall–Kier alpha value is -1.78. The zero-order chi connectivity index (χ0) is 25.6. The summed E-state index contributed by atoms with van der Waals surface area (Å²) in [6.45, 7) is 6.43. The average Bonchev–Trinajstić information content (AvgIpc) is 3.42. The molecule has 11 heteroatoms. The molecule has 0 radical (unpaired) electrons.